The summed E-state index contributed by atoms with van der Waals surface area (Å²) in [6.07, 6.45) is 1.56. The molecule has 3 aliphatic rings. The zero-order valence-electron chi connectivity index (χ0n) is 15.1. The van der Waals surface area contributed by atoms with Gasteiger partial charge in [0.1, 0.15) is 11.9 Å². The molecule has 0 saturated heterocycles. The van der Waals surface area contributed by atoms with E-state index in [4.69, 9.17) is 0 Å². The van der Waals surface area contributed by atoms with E-state index >= 15 is 0 Å². The van der Waals surface area contributed by atoms with Gasteiger partial charge < -0.3 is 10.2 Å². The molecule has 2 N–H and O–H groups in total. The van der Waals surface area contributed by atoms with Crippen molar-refractivity contribution in [2.24, 2.45) is 22.2 Å². The summed E-state index contributed by atoms with van der Waals surface area (Å²) in [4.78, 5) is 25.5. The van der Waals surface area contributed by atoms with E-state index in [2.05, 4.69) is 13.5 Å². The normalized spacial score (nSPS) is 44.8. The molecule has 132 valence electrons. The van der Waals surface area contributed by atoms with Crippen LogP contribution in [0.15, 0.2) is 23.8 Å². The molecule has 4 nitrogen and oxygen atoms in total. The van der Waals surface area contributed by atoms with Gasteiger partial charge in [0.05, 0.1) is 11.5 Å². The Morgan fingerprint density at radius 3 is 2.33 bits per heavy atom. The number of carbonyl (C=O) groups is 2. The highest BCUT2D eigenvalue weighted by Gasteiger charge is 2.60. The highest BCUT2D eigenvalue weighted by Crippen LogP contribution is 2.61. The van der Waals surface area contributed by atoms with Gasteiger partial charge in [0.25, 0.3) is 0 Å². The van der Waals surface area contributed by atoms with Crippen LogP contribution in [0.5, 0.6) is 0 Å². The molecule has 3 aliphatic carbocycles. The third-order valence-electron chi connectivity index (χ3n) is 7.25. The number of hydrogen-bond donors (Lipinski definition) is 2. The first-order valence-electron chi connectivity index (χ1n) is 8.83. The van der Waals surface area contributed by atoms with Crippen molar-refractivity contribution in [1.82, 2.24) is 0 Å². The number of fused-ring (bicyclic) bond motifs is 2. The Bertz CT molecular complexity index is 659. The van der Waals surface area contributed by atoms with Crippen LogP contribution in [0.1, 0.15) is 53.4 Å². The highest BCUT2D eigenvalue weighted by atomic mass is 16.3. The van der Waals surface area contributed by atoms with Gasteiger partial charge in [-0.2, -0.15) is 0 Å². The molecule has 5 atom stereocenters. The molecule has 0 aromatic heterocycles. The van der Waals surface area contributed by atoms with Crippen LogP contribution in [0.2, 0.25) is 0 Å². The molecule has 0 spiro atoms. The second-order valence-electron chi connectivity index (χ2n) is 8.75. The van der Waals surface area contributed by atoms with Crippen LogP contribution in [0.3, 0.4) is 0 Å². The summed E-state index contributed by atoms with van der Waals surface area (Å²) < 4.78 is 0. The molecule has 0 aromatic rings. The van der Waals surface area contributed by atoms with Gasteiger partial charge in [0, 0.05) is 11.8 Å². The Morgan fingerprint density at radius 1 is 1.12 bits per heavy atom. The molecule has 0 radical (unpaired) electrons. The molecule has 0 heterocycles. The SMILES string of the molecule is C=C[C@]1(C)C(=O)C2=C([C@@H](O)[C@@H]1O)[C@@]1(C)CCC(=O)C(C)(C)[C@@H]1CC2. The molecule has 0 amide bonds. The Hall–Kier alpha value is -1.26. The van der Waals surface area contributed by atoms with E-state index in [1.807, 2.05) is 13.8 Å². The van der Waals surface area contributed by atoms with Crippen molar-refractivity contribution in [3.8, 4) is 0 Å². The predicted octanol–water partition coefficient (Wildman–Crippen LogP) is 2.59. The maximum absolute atomic E-state index is 13.0. The largest absolute Gasteiger partial charge is 0.389 e. The molecular weight excluding hydrogens is 304 g/mol. The lowest BCUT2D eigenvalue weighted by Gasteiger charge is -2.57. The van der Waals surface area contributed by atoms with E-state index in [1.54, 1.807) is 6.92 Å². The van der Waals surface area contributed by atoms with Gasteiger partial charge in [-0.25, -0.2) is 0 Å². The minimum absolute atomic E-state index is 0.0766. The lowest BCUT2D eigenvalue weighted by atomic mass is 9.46. The van der Waals surface area contributed by atoms with Crippen molar-refractivity contribution >= 4 is 11.6 Å². The summed E-state index contributed by atoms with van der Waals surface area (Å²) >= 11 is 0. The summed E-state index contributed by atoms with van der Waals surface area (Å²) in [5.74, 6) is 0.203. The molecule has 0 unspecified atom stereocenters. The fourth-order valence-electron chi connectivity index (χ4n) is 5.54. The van der Waals surface area contributed by atoms with Crippen LogP contribution in [0, 0.1) is 22.2 Å². The standard InChI is InChI=1S/C20H28O4/c1-6-19(4)16(23)11-7-8-12-18(2,3)13(21)9-10-20(12,5)14(11)15(22)17(19)24/h6,12,15,17,22,24H,1,7-10H2,2-5H3/t12-,15+,17-,19+,20-/m0/s1. The molecule has 0 aliphatic heterocycles. The third-order valence-corrected chi connectivity index (χ3v) is 7.25. The maximum Gasteiger partial charge on any atom is 0.171 e. The average Bonchev–Trinajstić information content (AvgIpc) is 2.54. The van der Waals surface area contributed by atoms with Crippen LogP contribution >= 0.6 is 0 Å². The van der Waals surface area contributed by atoms with Gasteiger partial charge in [-0.1, -0.05) is 26.8 Å². The summed E-state index contributed by atoms with van der Waals surface area (Å²) in [6, 6.07) is 0. The van der Waals surface area contributed by atoms with Crippen LogP contribution in [-0.4, -0.2) is 34.0 Å². The number of allylic oxidation sites excluding steroid dienone is 1. The van der Waals surface area contributed by atoms with Crippen molar-refractivity contribution < 1.29 is 19.8 Å². The van der Waals surface area contributed by atoms with Crippen molar-refractivity contribution in [2.75, 3.05) is 0 Å². The molecule has 4 heteroatoms. The summed E-state index contributed by atoms with van der Waals surface area (Å²) in [5.41, 5.74) is -0.723. The number of hydrogen-bond acceptors (Lipinski definition) is 4. The Labute approximate surface area is 143 Å². The fraction of sp³-hybridized carbons (Fsp3) is 0.700. The first kappa shape index (κ1) is 17.6. The average molecular weight is 332 g/mol. The van der Waals surface area contributed by atoms with E-state index in [0.29, 0.717) is 30.4 Å². The van der Waals surface area contributed by atoms with Crippen molar-refractivity contribution in [3.05, 3.63) is 23.8 Å². The number of aliphatic hydroxyl groups is 2. The smallest absolute Gasteiger partial charge is 0.171 e. The fourth-order valence-corrected chi connectivity index (χ4v) is 5.54. The topological polar surface area (TPSA) is 74.6 Å². The van der Waals surface area contributed by atoms with Gasteiger partial charge in [0.15, 0.2) is 5.78 Å². The van der Waals surface area contributed by atoms with Crippen LogP contribution in [0.4, 0.5) is 0 Å². The minimum atomic E-state index is -1.20. The zero-order valence-corrected chi connectivity index (χ0v) is 15.1. The van der Waals surface area contributed by atoms with Gasteiger partial charge >= 0.3 is 0 Å². The van der Waals surface area contributed by atoms with Gasteiger partial charge in [0.2, 0.25) is 0 Å². The van der Waals surface area contributed by atoms with Gasteiger partial charge in [-0.05, 0) is 48.7 Å². The van der Waals surface area contributed by atoms with Crippen LogP contribution in [0.25, 0.3) is 0 Å². The first-order valence-corrected chi connectivity index (χ1v) is 8.83. The summed E-state index contributed by atoms with van der Waals surface area (Å²) in [5, 5.41) is 21.6. The van der Waals surface area contributed by atoms with E-state index in [1.165, 1.54) is 6.08 Å². The van der Waals surface area contributed by atoms with E-state index in [-0.39, 0.29) is 17.5 Å². The molecule has 3 rings (SSSR count). The molecule has 0 bridgehead atoms. The Balaban J connectivity index is 2.18. The number of carbonyl (C=O) groups excluding carboxylic acids is 2. The number of ketones is 2. The molecule has 1 saturated carbocycles. The second-order valence-corrected chi connectivity index (χ2v) is 8.75. The quantitative estimate of drug-likeness (QED) is 0.724. The minimum Gasteiger partial charge on any atom is -0.389 e. The zero-order chi connectivity index (χ0) is 18.1. The third kappa shape index (κ3) is 1.93. The van der Waals surface area contributed by atoms with Gasteiger partial charge in [-0.15, -0.1) is 6.58 Å². The lowest BCUT2D eigenvalue weighted by Crippen LogP contribution is -2.59. The lowest BCUT2D eigenvalue weighted by molar-refractivity contribution is -0.144. The molecule has 24 heavy (non-hydrogen) atoms. The number of aliphatic hydroxyl groups excluding tert-OH is 2. The van der Waals surface area contributed by atoms with Gasteiger partial charge in [-0.3, -0.25) is 9.59 Å². The van der Waals surface area contributed by atoms with Crippen LogP contribution in [-0.2, 0) is 9.59 Å². The molecule has 1 fully saturated rings. The summed E-state index contributed by atoms with van der Waals surface area (Å²) in [6.45, 7) is 11.4. The molecular formula is C20H28O4. The number of rotatable bonds is 1. The summed E-state index contributed by atoms with van der Waals surface area (Å²) in [7, 11) is 0. The molecule has 0 aromatic carbocycles. The first-order chi connectivity index (χ1) is 11.0. The Morgan fingerprint density at radius 2 is 1.75 bits per heavy atom. The van der Waals surface area contributed by atoms with Crippen molar-refractivity contribution in [3.63, 3.8) is 0 Å². The van der Waals surface area contributed by atoms with Crippen LogP contribution < -0.4 is 0 Å². The van der Waals surface area contributed by atoms with Crippen molar-refractivity contribution in [2.45, 2.75) is 65.6 Å². The Kier molecular flexibility index (Phi) is 3.75. The highest BCUT2D eigenvalue weighted by molar-refractivity contribution is 6.04. The van der Waals surface area contributed by atoms with Crippen molar-refractivity contribution in [1.29, 1.82) is 0 Å². The monoisotopic (exact) mass is 332 g/mol. The maximum atomic E-state index is 13.0. The second kappa shape index (κ2) is 5.12. The predicted molar refractivity (Wildman–Crippen MR) is 91.2 cm³/mol. The van der Waals surface area contributed by atoms with E-state index in [0.717, 1.165) is 6.42 Å². The number of Topliss-reactive ketones (excluding diaryl/α,β-unsaturated/α-hetero) is 2. The van der Waals surface area contributed by atoms with E-state index in [9.17, 15) is 19.8 Å². The van der Waals surface area contributed by atoms with E-state index < -0.39 is 28.5 Å².